The molecule has 0 spiro atoms. The van der Waals surface area contributed by atoms with Crippen LogP contribution in [-0.4, -0.2) is 85.1 Å². The van der Waals surface area contributed by atoms with Gasteiger partial charge in [-0.2, -0.15) is 13.2 Å². The molecule has 10 nitrogen and oxygen atoms in total. The number of hydrogen-bond acceptors (Lipinski definition) is 7. The number of likely N-dealkylation sites (tertiary alicyclic amines) is 1. The molecule has 2 aliphatic rings. The molecule has 3 N–H and O–H groups in total. The largest absolute Gasteiger partial charge is 0.490 e. The zero-order valence-corrected chi connectivity index (χ0v) is 19.5. The van der Waals surface area contributed by atoms with Crippen molar-refractivity contribution in [1.29, 1.82) is 0 Å². The first-order chi connectivity index (χ1) is 15.8. The predicted octanol–water partition coefficient (Wildman–Crippen LogP) is 2.49. The van der Waals surface area contributed by atoms with Crippen LogP contribution in [0.4, 0.5) is 24.7 Å². The van der Waals surface area contributed by atoms with Crippen LogP contribution in [0.15, 0.2) is 12.3 Å². The van der Waals surface area contributed by atoms with Gasteiger partial charge in [0.05, 0.1) is 17.6 Å². The van der Waals surface area contributed by atoms with Crippen LogP contribution < -0.4 is 9.62 Å². The van der Waals surface area contributed by atoms with Crippen LogP contribution in [0, 0.1) is 5.92 Å². The molecule has 0 amide bonds. The normalized spacial score (nSPS) is 19.3. The van der Waals surface area contributed by atoms with E-state index in [0.717, 1.165) is 45.6 Å². The first kappa shape index (κ1) is 27.6. The number of alkyl halides is 3. The molecular weight excluding hydrogens is 481 g/mol. The SMILES string of the molecule is CCS(=O)(=O)Nc1cnc(N2CCCC(CN3CCCC3)C2)c(C(=O)O)c1.O=C(O)C(F)(F)F. The van der Waals surface area contributed by atoms with Crippen LogP contribution >= 0.6 is 0 Å². The molecule has 2 aliphatic heterocycles. The Morgan fingerprint density at radius 2 is 1.79 bits per heavy atom. The molecule has 2 fully saturated rings. The van der Waals surface area contributed by atoms with Gasteiger partial charge in [-0.05, 0) is 57.7 Å². The van der Waals surface area contributed by atoms with E-state index in [2.05, 4.69) is 14.6 Å². The van der Waals surface area contributed by atoms with E-state index in [4.69, 9.17) is 9.90 Å². The van der Waals surface area contributed by atoms with Crippen molar-refractivity contribution in [3.05, 3.63) is 17.8 Å². The predicted molar refractivity (Wildman–Crippen MR) is 119 cm³/mol. The van der Waals surface area contributed by atoms with Crippen LogP contribution in [0.1, 0.15) is 43.0 Å². The summed E-state index contributed by atoms with van der Waals surface area (Å²) in [7, 11) is -3.48. The number of aliphatic carboxylic acids is 1. The molecule has 1 atom stereocenters. The second-order valence-electron chi connectivity index (χ2n) is 8.17. The summed E-state index contributed by atoms with van der Waals surface area (Å²) in [6.45, 7) is 6.43. The van der Waals surface area contributed by atoms with Crippen LogP contribution in [0.2, 0.25) is 0 Å². The number of rotatable bonds is 7. The van der Waals surface area contributed by atoms with E-state index in [-0.39, 0.29) is 17.0 Å². The van der Waals surface area contributed by atoms with Crippen molar-refractivity contribution in [2.75, 3.05) is 48.1 Å². The Morgan fingerprint density at radius 3 is 2.32 bits per heavy atom. The zero-order valence-electron chi connectivity index (χ0n) is 18.7. The highest BCUT2D eigenvalue weighted by molar-refractivity contribution is 7.92. The number of halogens is 3. The first-order valence-electron chi connectivity index (χ1n) is 10.8. The molecule has 2 saturated heterocycles. The van der Waals surface area contributed by atoms with Crippen LogP contribution in [0.5, 0.6) is 0 Å². The van der Waals surface area contributed by atoms with E-state index in [1.807, 2.05) is 4.90 Å². The molecule has 3 rings (SSSR count). The number of hydrogen-bond donors (Lipinski definition) is 3. The van der Waals surface area contributed by atoms with Crippen molar-refractivity contribution in [2.24, 2.45) is 5.92 Å². The fourth-order valence-electron chi connectivity index (χ4n) is 3.91. The Labute approximate surface area is 195 Å². The number of carboxylic acids is 2. The summed E-state index contributed by atoms with van der Waals surface area (Å²) < 4.78 is 57.6. The van der Waals surface area contributed by atoms with Gasteiger partial charge in [-0.3, -0.25) is 4.72 Å². The van der Waals surface area contributed by atoms with Crippen molar-refractivity contribution >= 4 is 33.5 Å². The van der Waals surface area contributed by atoms with E-state index in [9.17, 15) is 31.5 Å². The van der Waals surface area contributed by atoms with Crippen molar-refractivity contribution in [1.82, 2.24) is 9.88 Å². The minimum atomic E-state index is -5.08. The van der Waals surface area contributed by atoms with E-state index < -0.39 is 28.1 Å². The van der Waals surface area contributed by atoms with Crippen molar-refractivity contribution in [2.45, 2.75) is 38.8 Å². The van der Waals surface area contributed by atoms with Gasteiger partial charge in [0.2, 0.25) is 10.0 Å². The van der Waals surface area contributed by atoms with Gasteiger partial charge in [0.25, 0.3) is 0 Å². The second-order valence-corrected chi connectivity index (χ2v) is 10.2. The number of carboxylic acid groups (broad SMARTS) is 2. The topological polar surface area (TPSA) is 140 Å². The average molecular weight is 511 g/mol. The van der Waals surface area contributed by atoms with Gasteiger partial charge < -0.3 is 20.0 Å². The van der Waals surface area contributed by atoms with E-state index in [0.29, 0.717) is 11.7 Å². The van der Waals surface area contributed by atoms with Gasteiger partial charge in [0.15, 0.2) is 0 Å². The molecule has 0 radical (unpaired) electrons. The molecule has 0 bridgehead atoms. The van der Waals surface area contributed by atoms with Crippen molar-refractivity contribution < 1.29 is 41.4 Å². The maximum atomic E-state index is 11.8. The summed E-state index contributed by atoms with van der Waals surface area (Å²) in [5.74, 6) is -3.02. The number of aromatic nitrogens is 1. The maximum Gasteiger partial charge on any atom is 0.490 e. The highest BCUT2D eigenvalue weighted by Gasteiger charge is 2.38. The number of nitrogens with zero attached hydrogens (tertiary/aromatic N) is 3. The summed E-state index contributed by atoms with van der Waals surface area (Å²) in [6, 6.07) is 1.36. The van der Waals surface area contributed by atoms with Gasteiger partial charge in [-0.15, -0.1) is 0 Å². The minimum absolute atomic E-state index is 0.0353. The van der Waals surface area contributed by atoms with E-state index in [1.54, 1.807) is 0 Å². The minimum Gasteiger partial charge on any atom is -0.478 e. The highest BCUT2D eigenvalue weighted by Crippen LogP contribution is 2.28. The third kappa shape index (κ3) is 8.31. The first-order valence-corrected chi connectivity index (χ1v) is 12.5. The number of sulfonamides is 1. The summed E-state index contributed by atoms with van der Waals surface area (Å²) in [4.78, 5) is 29.5. The van der Waals surface area contributed by atoms with Crippen molar-refractivity contribution in [3.8, 4) is 0 Å². The molecule has 1 aromatic heterocycles. The molecule has 14 heteroatoms. The Hall–Kier alpha value is -2.61. The van der Waals surface area contributed by atoms with Crippen molar-refractivity contribution in [3.63, 3.8) is 0 Å². The zero-order chi connectivity index (χ0) is 25.5. The standard InChI is InChI=1S/C18H28N4O4S.C2HF3O2/c1-2-27(25,26)20-15-10-16(18(23)24)17(19-11-15)22-9-5-6-14(13-22)12-21-7-3-4-8-21;3-2(4,5)1(6)7/h10-11,14,20H,2-9,12-13H2,1H3,(H,23,24);(H,6,7). The molecule has 0 saturated carbocycles. The van der Waals surface area contributed by atoms with Crippen LogP contribution in [0.3, 0.4) is 0 Å². The number of aromatic carboxylic acids is 1. The lowest BCUT2D eigenvalue weighted by Crippen LogP contribution is -2.41. The molecule has 192 valence electrons. The summed E-state index contributed by atoms with van der Waals surface area (Å²) in [5, 5.41) is 16.7. The Morgan fingerprint density at radius 1 is 1.18 bits per heavy atom. The fourth-order valence-corrected chi connectivity index (χ4v) is 4.53. The van der Waals surface area contributed by atoms with Gasteiger partial charge in [0, 0.05) is 19.6 Å². The third-order valence-electron chi connectivity index (χ3n) is 5.53. The smallest absolute Gasteiger partial charge is 0.478 e. The van der Waals surface area contributed by atoms with Crippen LogP contribution in [-0.2, 0) is 14.8 Å². The molecule has 0 aromatic carbocycles. The second kappa shape index (κ2) is 11.7. The molecular formula is C20H29F3N4O6S. The highest BCUT2D eigenvalue weighted by atomic mass is 32.2. The summed E-state index contributed by atoms with van der Waals surface area (Å²) >= 11 is 0. The number of carbonyl (C=O) groups is 2. The number of piperidine rings is 1. The van der Waals surface area contributed by atoms with Gasteiger partial charge >= 0.3 is 18.1 Å². The summed E-state index contributed by atoms with van der Waals surface area (Å²) in [6.07, 6.45) is 0.985. The number of nitrogens with one attached hydrogen (secondary N) is 1. The lowest BCUT2D eigenvalue weighted by molar-refractivity contribution is -0.192. The monoisotopic (exact) mass is 510 g/mol. The molecule has 1 unspecified atom stereocenters. The summed E-state index contributed by atoms with van der Waals surface area (Å²) in [5.41, 5.74) is 0.219. The maximum absolute atomic E-state index is 11.8. The molecule has 3 heterocycles. The number of anilines is 2. The Bertz CT molecular complexity index is 968. The van der Waals surface area contributed by atoms with Crippen LogP contribution in [0.25, 0.3) is 0 Å². The van der Waals surface area contributed by atoms with E-state index >= 15 is 0 Å². The lowest BCUT2D eigenvalue weighted by Gasteiger charge is -2.36. The number of pyridine rings is 1. The van der Waals surface area contributed by atoms with Gasteiger partial charge in [-0.25, -0.2) is 23.0 Å². The average Bonchev–Trinajstić information content (AvgIpc) is 3.26. The van der Waals surface area contributed by atoms with E-state index in [1.165, 1.54) is 32.0 Å². The Balaban J connectivity index is 0.000000509. The molecule has 34 heavy (non-hydrogen) atoms. The van der Waals surface area contributed by atoms with Gasteiger partial charge in [-0.1, -0.05) is 0 Å². The molecule has 0 aliphatic carbocycles. The fraction of sp³-hybridized carbons (Fsp3) is 0.650. The van der Waals surface area contributed by atoms with Gasteiger partial charge in [0.1, 0.15) is 11.4 Å². The Kier molecular flexibility index (Phi) is 9.50. The lowest BCUT2D eigenvalue weighted by atomic mass is 9.97. The molecule has 1 aromatic rings. The quantitative estimate of drug-likeness (QED) is 0.505. The third-order valence-corrected chi connectivity index (χ3v) is 6.83.